The Morgan fingerprint density at radius 1 is 1.46 bits per heavy atom. The third-order valence-electron chi connectivity index (χ3n) is 2.39. The van der Waals surface area contributed by atoms with Gasteiger partial charge in [0.15, 0.2) is 0 Å². The molecule has 4 heteroatoms. The Bertz CT molecular complexity index is 234. The number of hydrogen-bond donors (Lipinski definition) is 0. The number of hydrogen-bond acceptors (Lipinski definition) is 3. The van der Waals surface area contributed by atoms with E-state index in [4.69, 9.17) is 4.74 Å². The van der Waals surface area contributed by atoms with E-state index >= 15 is 0 Å². The van der Waals surface area contributed by atoms with Crippen molar-refractivity contribution in [3.05, 3.63) is 10.7 Å². The molecule has 0 aliphatic carbocycles. The zero-order valence-electron chi connectivity index (χ0n) is 7.45. The van der Waals surface area contributed by atoms with Crippen molar-refractivity contribution in [1.82, 2.24) is 4.90 Å². The van der Waals surface area contributed by atoms with Gasteiger partial charge in [0.2, 0.25) is 0 Å². The van der Waals surface area contributed by atoms with Crippen molar-refractivity contribution in [2.24, 2.45) is 4.99 Å². The summed E-state index contributed by atoms with van der Waals surface area (Å²) in [4.78, 5) is 6.62. The molecule has 2 aliphatic heterocycles. The van der Waals surface area contributed by atoms with Crippen LogP contribution in [0, 0.1) is 0 Å². The maximum Gasteiger partial charge on any atom is 0.0594 e. The van der Waals surface area contributed by atoms with Crippen molar-refractivity contribution in [1.29, 1.82) is 0 Å². The Morgan fingerprint density at radius 2 is 2.23 bits per heavy atom. The average molecular weight is 245 g/mol. The van der Waals surface area contributed by atoms with E-state index in [2.05, 4.69) is 25.8 Å². The van der Waals surface area contributed by atoms with Crippen LogP contribution in [-0.4, -0.2) is 43.5 Å². The molecule has 2 heterocycles. The van der Waals surface area contributed by atoms with Gasteiger partial charge in [-0.1, -0.05) is 15.9 Å². The number of nitrogens with zero attached hydrogens (tertiary/aromatic N) is 2. The molecule has 0 aromatic heterocycles. The van der Waals surface area contributed by atoms with E-state index in [1.807, 2.05) is 12.4 Å². The Labute approximate surface area is 86.6 Å². The molecule has 1 saturated heterocycles. The lowest BCUT2D eigenvalue weighted by molar-refractivity contribution is 0.0299. The third-order valence-corrected chi connectivity index (χ3v) is 2.92. The lowest BCUT2D eigenvalue weighted by Crippen LogP contribution is -2.44. The van der Waals surface area contributed by atoms with E-state index in [0.29, 0.717) is 6.04 Å². The van der Waals surface area contributed by atoms with Gasteiger partial charge in [0.05, 0.1) is 13.2 Å². The fourth-order valence-electron chi connectivity index (χ4n) is 1.66. The van der Waals surface area contributed by atoms with Gasteiger partial charge in [-0.25, -0.2) is 0 Å². The summed E-state index contributed by atoms with van der Waals surface area (Å²) in [5, 5.41) is 0. The molecule has 0 aromatic rings. The van der Waals surface area contributed by atoms with Crippen LogP contribution >= 0.6 is 15.9 Å². The van der Waals surface area contributed by atoms with Crippen molar-refractivity contribution in [3.63, 3.8) is 0 Å². The Hall–Kier alpha value is -0.190. The van der Waals surface area contributed by atoms with Crippen LogP contribution in [-0.2, 0) is 4.74 Å². The molecule has 0 saturated carbocycles. The minimum atomic E-state index is 0.461. The van der Waals surface area contributed by atoms with Crippen LogP contribution < -0.4 is 0 Å². The average Bonchev–Trinajstić information content (AvgIpc) is 2.19. The minimum absolute atomic E-state index is 0.461. The standard InChI is InChI=1S/C9H13BrN2O/c10-8-5-9(7-11-6-8)12-1-3-13-4-2-12/h6-7,9H,1-5H2. The second-order valence-corrected chi connectivity index (χ2v) is 4.31. The van der Waals surface area contributed by atoms with Gasteiger partial charge in [-0.2, -0.15) is 0 Å². The highest BCUT2D eigenvalue weighted by atomic mass is 79.9. The molecular weight excluding hydrogens is 232 g/mol. The Balaban J connectivity index is 1.93. The highest BCUT2D eigenvalue weighted by Gasteiger charge is 2.21. The summed E-state index contributed by atoms with van der Waals surface area (Å²) in [6.45, 7) is 3.76. The lowest BCUT2D eigenvalue weighted by atomic mass is 10.1. The van der Waals surface area contributed by atoms with E-state index in [1.165, 1.54) is 4.48 Å². The molecule has 1 unspecified atom stereocenters. The first-order chi connectivity index (χ1) is 6.36. The van der Waals surface area contributed by atoms with Crippen LogP contribution in [0.4, 0.5) is 0 Å². The summed E-state index contributed by atoms with van der Waals surface area (Å²) >= 11 is 3.48. The third kappa shape index (κ3) is 2.39. The molecule has 0 bridgehead atoms. The van der Waals surface area contributed by atoms with Gasteiger partial charge in [0.1, 0.15) is 0 Å². The summed E-state index contributed by atoms with van der Waals surface area (Å²) in [5.41, 5.74) is 0. The van der Waals surface area contributed by atoms with E-state index < -0.39 is 0 Å². The smallest absolute Gasteiger partial charge is 0.0594 e. The summed E-state index contributed by atoms with van der Waals surface area (Å²) in [6, 6.07) is 0.461. The summed E-state index contributed by atoms with van der Waals surface area (Å²) < 4.78 is 6.49. The topological polar surface area (TPSA) is 24.8 Å². The summed E-state index contributed by atoms with van der Waals surface area (Å²) in [5.74, 6) is 0. The van der Waals surface area contributed by atoms with Gasteiger partial charge in [0, 0.05) is 42.4 Å². The maximum absolute atomic E-state index is 5.30. The van der Waals surface area contributed by atoms with Crippen molar-refractivity contribution >= 4 is 22.1 Å². The lowest BCUT2D eigenvalue weighted by Gasteiger charge is -2.33. The first-order valence-electron chi connectivity index (χ1n) is 4.56. The molecule has 13 heavy (non-hydrogen) atoms. The number of ether oxygens (including phenoxy) is 1. The van der Waals surface area contributed by atoms with Gasteiger partial charge in [0.25, 0.3) is 0 Å². The van der Waals surface area contributed by atoms with Crippen molar-refractivity contribution in [3.8, 4) is 0 Å². The Morgan fingerprint density at radius 3 is 2.92 bits per heavy atom. The summed E-state index contributed by atoms with van der Waals surface area (Å²) in [6.07, 6.45) is 4.94. The predicted octanol–water partition coefficient (Wildman–Crippen LogP) is 1.40. The molecule has 1 atom stereocenters. The zero-order valence-corrected chi connectivity index (χ0v) is 9.03. The van der Waals surface area contributed by atoms with E-state index in [9.17, 15) is 0 Å². The molecular formula is C9H13BrN2O. The molecule has 3 nitrogen and oxygen atoms in total. The van der Waals surface area contributed by atoms with Crippen LogP contribution in [0.5, 0.6) is 0 Å². The van der Waals surface area contributed by atoms with Crippen molar-refractivity contribution in [2.45, 2.75) is 12.5 Å². The van der Waals surface area contributed by atoms with Gasteiger partial charge in [-0.05, 0) is 0 Å². The van der Waals surface area contributed by atoms with E-state index in [-0.39, 0.29) is 0 Å². The fourth-order valence-corrected chi connectivity index (χ4v) is 2.11. The molecule has 0 amide bonds. The largest absolute Gasteiger partial charge is 0.379 e. The van der Waals surface area contributed by atoms with E-state index in [1.54, 1.807) is 0 Å². The maximum atomic E-state index is 5.30. The zero-order chi connectivity index (χ0) is 9.10. The number of halogens is 1. The second kappa shape index (κ2) is 4.35. The molecule has 0 N–H and O–H groups in total. The number of aliphatic imine (C=N–C) groups is 1. The molecule has 72 valence electrons. The van der Waals surface area contributed by atoms with Gasteiger partial charge in [-0.3, -0.25) is 9.89 Å². The molecule has 0 radical (unpaired) electrons. The van der Waals surface area contributed by atoms with Crippen LogP contribution in [0.25, 0.3) is 0 Å². The van der Waals surface area contributed by atoms with E-state index in [0.717, 1.165) is 32.7 Å². The first kappa shape index (κ1) is 9.37. The summed E-state index contributed by atoms with van der Waals surface area (Å²) in [7, 11) is 0. The minimum Gasteiger partial charge on any atom is -0.379 e. The molecule has 0 aromatic carbocycles. The van der Waals surface area contributed by atoms with Crippen LogP contribution in [0.1, 0.15) is 6.42 Å². The van der Waals surface area contributed by atoms with Crippen LogP contribution in [0.15, 0.2) is 15.7 Å². The Kier molecular flexibility index (Phi) is 3.14. The molecule has 1 fully saturated rings. The molecule has 2 rings (SSSR count). The normalized spacial score (nSPS) is 30.2. The van der Waals surface area contributed by atoms with Gasteiger partial charge < -0.3 is 4.74 Å². The van der Waals surface area contributed by atoms with Crippen LogP contribution in [0.3, 0.4) is 0 Å². The second-order valence-electron chi connectivity index (χ2n) is 3.29. The van der Waals surface area contributed by atoms with Crippen molar-refractivity contribution in [2.75, 3.05) is 26.3 Å². The number of morpholine rings is 1. The first-order valence-corrected chi connectivity index (χ1v) is 5.35. The van der Waals surface area contributed by atoms with Gasteiger partial charge >= 0.3 is 0 Å². The fraction of sp³-hybridized carbons (Fsp3) is 0.667. The quantitative estimate of drug-likeness (QED) is 0.697. The van der Waals surface area contributed by atoms with Crippen molar-refractivity contribution < 1.29 is 4.74 Å². The van der Waals surface area contributed by atoms with Crippen LogP contribution in [0.2, 0.25) is 0 Å². The highest BCUT2D eigenvalue weighted by Crippen LogP contribution is 2.20. The molecule has 0 spiro atoms. The number of rotatable bonds is 1. The molecule has 2 aliphatic rings. The van der Waals surface area contributed by atoms with Gasteiger partial charge in [-0.15, -0.1) is 0 Å². The monoisotopic (exact) mass is 244 g/mol. The predicted molar refractivity (Wildman–Crippen MR) is 56.3 cm³/mol. The SMILES string of the molecule is BrC1=CN=CC(N2CCOCC2)C1. The highest BCUT2D eigenvalue weighted by molar-refractivity contribution is 9.11.